The third kappa shape index (κ3) is 4.75. The Morgan fingerprint density at radius 1 is 1.41 bits per heavy atom. The number of hydrogen-bond donors (Lipinski definition) is 1. The van der Waals surface area contributed by atoms with E-state index >= 15 is 0 Å². The standard InChI is InChI=1S/C13H18ClNO2/c1-3-4-12(15-9-13(16)17-2)10-5-7-11(14)8-6-10/h5-8,12,15H,3-4,9H2,1-2H3. The maximum atomic E-state index is 11.1. The van der Waals surface area contributed by atoms with E-state index in [4.69, 9.17) is 11.6 Å². The summed E-state index contributed by atoms with van der Waals surface area (Å²) < 4.78 is 4.61. The second kappa shape index (κ2) is 7.30. The van der Waals surface area contributed by atoms with E-state index in [-0.39, 0.29) is 18.6 Å². The number of carbonyl (C=O) groups excluding carboxylic acids is 1. The van der Waals surface area contributed by atoms with Crippen molar-refractivity contribution in [2.75, 3.05) is 13.7 Å². The normalized spacial score (nSPS) is 12.2. The van der Waals surface area contributed by atoms with Crippen LogP contribution >= 0.6 is 11.6 Å². The van der Waals surface area contributed by atoms with Crippen molar-refractivity contribution in [2.45, 2.75) is 25.8 Å². The average molecular weight is 256 g/mol. The Hall–Kier alpha value is -1.06. The van der Waals surface area contributed by atoms with E-state index in [1.54, 1.807) is 0 Å². The summed E-state index contributed by atoms with van der Waals surface area (Å²) in [4.78, 5) is 11.1. The Bertz CT molecular complexity index is 351. The van der Waals surface area contributed by atoms with Gasteiger partial charge in [0, 0.05) is 11.1 Å². The van der Waals surface area contributed by atoms with Crippen molar-refractivity contribution < 1.29 is 9.53 Å². The van der Waals surface area contributed by atoms with Gasteiger partial charge in [0.25, 0.3) is 0 Å². The highest BCUT2D eigenvalue weighted by atomic mass is 35.5. The van der Waals surface area contributed by atoms with Gasteiger partial charge in [0.1, 0.15) is 0 Å². The molecule has 0 amide bonds. The van der Waals surface area contributed by atoms with Crippen LogP contribution in [-0.4, -0.2) is 19.6 Å². The van der Waals surface area contributed by atoms with Crippen LogP contribution in [0.25, 0.3) is 0 Å². The molecule has 1 atom stereocenters. The highest BCUT2D eigenvalue weighted by molar-refractivity contribution is 6.30. The van der Waals surface area contributed by atoms with E-state index in [0.29, 0.717) is 0 Å². The number of benzene rings is 1. The summed E-state index contributed by atoms with van der Waals surface area (Å²) in [6.45, 7) is 2.34. The Kier molecular flexibility index (Phi) is 6.01. The fourth-order valence-corrected chi connectivity index (χ4v) is 1.78. The molecule has 3 nitrogen and oxygen atoms in total. The van der Waals surface area contributed by atoms with Crippen molar-refractivity contribution in [3.63, 3.8) is 0 Å². The molecule has 0 saturated heterocycles. The zero-order valence-corrected chi connectivity index (χ0v) is 11.0. The molecule has 0 radical (unpaired) electrons. The molecular formula is C13H18ClNO2. The fraction of sp³-hybridized carbons (Fsp3) is 0.462. The first kappa shape index (κ1) is 14.0. The van der Waals surface area contributed by atoms with Crippen LogP contribution in [0, 0.1) is 0 Å². The molecule has 0 aliphatic carbocycles. The summed E-state index contributed by atoms with van der Waals surface area (Å²) in [6, 6.07) is 7.84. The SMILES string of the molecule is CCCC(NCC(=O)OC)c1ccc(Cl)cc1. The van der Waals surface area contributed by atoms with Gasteiger partial charge in [0.05, 0.1) is 13.7 Å². The van der Waals surface area contributed by atoms with Crippen molar-refractivity contribution in [3.05, 3.63) is 34.9 Å². The van der Waals surface area contributed by atoms with E-state index in [2.05, 4.69) is 17.0 Å². The number of carbonyl (C=O) groups is 1. The van der Waals surface area contributed by atoms with Crippen LogP contribution < -0.4 is 5.32 Å². The summed E-state index contributed by atoms with van der Waals surface area (Å²) in [5.74, 6) is -0.250. The molecule has 4 heteroatoms. The molecule has 94 valence electrons. The Morgan fingerprint density at radius 3 is 2.59 bits per heavy atom. The summed E-state index contributed by atoms with van der Waals surface area (Å²) >= 11 is 5.85. The minimum Gasteiger partial charge on any atom is -0.468 e. The smallest absolute Gasteiger partial charge is 0.319 e. The fourth-order valence-electron chi connectivity index (χ4n) is 1.65. The number of methoxy groups -OCH3 is 1. The van der Waals surface area contributed by atoms with Crippen LogP contribution in [0.5, 0.6) is 0 Å². The van der Waals surface area contributed by atoms with E-state index in [1.165, 1.54) is 7.11 Å². The second-order valence-corrected chi connectivity index (χ2v) is 4.29. The monoisotopic (exact) mass is 255 g/mol. The minimum absolute atomic E-state index is 0.163. The van der Waals surface area contributed by atoms with Crippen molar-refractivity contribution in [3.8, 4) is 0 Å². The van der Waals surface area contributed by atoms with Gasteiger partial charge >= 0.3 is 5.97 Å². The lowest BCUT2D eigenvalue weighted by Crippen LogP contribution is -2.28. The Balaban J connectivity index is 2.64. The third-order valence-corrected chi connectivity index (χ3v) is 2.82. The maximum absolute atomic E-state index is 11.1. The van der Waals surface area contributed by atoms with Crippen molar-refractivity contribution in [1.29, 1.82) is 0 Å². The molecule has 0 aliphatic rings. The molecule has 0 heterocycles. The van der Waals surface area contributed by atoms with Gasteiger partial charge < -0.3 is 10.1 Å². The lowest BCUT2D eigenvalue weighted by Gasteiger charge is -2.17. The van der Waals surface area contributed by atoms with Crippen LogP contribution in [0.3, 0.4) is 0 Å². The lowest BCUT2D eigenvalue weighted by atomic mass is 10.0. The molecular weight excluding hydrogens is 238 g/mol. The summed E-state index contributed by atoms with van der Waals surface area (Å²) in [6.07, 6.45) is 2.01. The number of hydrogen-bond acceptors (Lipinski definition) is 3. The van der Waals surface area contributed by atoms with E-state index in [0.717, 1.165) is 23.4 Å². The quantitative estimate of drug-likeness (QED) is 0.795. The zero-order valence-electron chi connectivity index (χ0n) is 10.2. The maximum Gasteiger partial charge on any atom is 0.319 e. The van der Waals surface area contributed by atoms with E-state index in [9.17, 15) is 4.79 Å². The number of ether oxygens (including phenoxy) is 1. The summed E-state index contributed by atoms with van der Waals surface area (Å²) in [5.41, 5.74) is 1.14. The zero-order chi connectivity index (χ0) is 12.7. The van der Waals surface area contributed by atoms with Crippen molar-refractivity contribution in [1.82, 2.24) is 5.32 Å². The van der Waals surface area contributed by atoms with Gasteiger partial charge in [-0.25, -0.2) is 0 Å². The molecule has 0 fully saturated rings. The van der Waals surface area contributed by atoms with Gasteiger partial charge in [0.15, 0.2) is 0 Å². The topological polar surface area (TPSA) is 38.3 Å². The summed E-state index contributed by atoms with van der Waals surface area (Å²) in [5, 5.41) is 3.91. The van der Waals surface area contributed by atoms with Crippen LogP contribution in [-0.2, 0) is 9.53 Å². The van der Waals surface area contributed by atoms with Crippen LogP contribution in [0.2, 0.25) is 5.02 Å². The van der Waals surface area contributed by atoms with Crippen LogP contribution in [0.1, 0.15) is 31.4 Å². The highest BCUT2D eigenvalue weighted by Gasteiger charge is 2.11. The molecule has 1 aromatic rings. The molecule has 0 saturated carbocycles. The molecule has 1 unspecified atom stereocenters. The molecule has 0 bridgehead atoms. The molecule has 1 N–H and O–H groups in total. The third-order valence-electron chi connectivity index (χ3n) is 2.57. The Labute approximate surface area is 107 Å². The van der Waals surface area contributed by atoms with Gasteiger partial charge in [-0.05, 0) is 24.1 Å². The predicted octanol–water partition coefficient (Wildman–Crippen LogP) is 2.94. The van der Waals surface area contributed by atoms with Gasteiger partial charge in [-0.2, -0.15) is 0 Å². The molecule has 0 spiro atoms. The molecule has 0 aliphatic heterocycles. The molecule has 1 aromatic carbocycles. The van der Waals surface area contributed by atoms with E-state index < -0.39 is 0 Å². The Morgan fingerprint density at radius 2 is 2.06 bits per heavy atom. The van der Waals surface area contributed by atoms with Crippen LogP contribution in [0.4, 0.5) is 0 Å². The van der Waals surface area contributed by atoms with Crippen molar-refractivity contribution in [2.24, 2.45) is 0 Å². The number of nitrogens with one attached hydrogen (secondary N) is 1. The van der Waals surface area contributed by atoms with Gasteiger partial charge in [-0.1, -0.05) is 37.1 Å². The first-order valence-electron chi connectivity index (χ1n) is 5.73. The summed E-state index contributed by atoms with van der Waals surface area (Å²) in [7, 11) is 1.39. The van der Waals surface area contributed by atoms with Gasteiger partial charge in [-0.3, -0.25) is 4.79 Å². The first-order chi connectivity index (χ1) is 8.17. The van der Waals surface area contributed by atoms with E-state index in [1.807, 2.05) is 24.3 Å². The average Bonchev–Trinajstić information content (AvgIpc) is 2.35. The first-order valence-corrected chi connectivity index (χ1v) is 6.10. The number of esters is 1. The van der Waals surface area contributed by atoms with Crippen molar-refractivity contribution >= 4 is 17.6 Å². The number of rotatable bonds is 6. The molecule has 0 aromatic heterocycles. The van der Waals surface area contributed by atoms with Gasteiger partial charge in [-0.15, -0.1) is 0 Å². The second-order valence-electron chi connectivity index (χ2n) is 3.85. The molecule has 17 heavy (non-hydrogen) atoms. The lowest BCUT2D eigenvalue weighted by molar-refractivity contribution is -0.139. The minimum atomic E-state index is -0.250. The highest BCUT2D eigenvalue weighted by Crippen LogP contribution is 2.20. The van der Waals surface area contributed by atoms with Gasteiger partial charge in [0.2, 0.25) is 0 Å². The number of halogens is 1. The largest absolute Gasteiger partial charge is 0.468 e. The van der Waals surface area contributed by atoms with Crippen LogP contribution in [0.15, 0.2) is 24.3 Å². The predicted molar refractivity (Wildman–Crippen MR) is 69.1 cm³/mol. The molecule has 1 rings (SSSR count).